The molecule has 0 aromatic carbocycles. The van der Waals surface area contributed by atoms with Crippen molar-refractivity contribution in [1.29, 1.82) is 0 Å². The Balaban J connectivity index is 3.46. The minimum Gasteiger partial charge on any atom is -0.355 e. The molecule has 0 fully saturated rings. The summed E-state index contributed by atoms with van der Waals surface area (Å²) in [6.45, 7) is 9.77. The summed E-state index contributed by atoms with van der Waals surface area (Å²) >= 11 is 0. The Morgan fingerprint density at radius 1 is 1.31 bits per heavy atom. The van der Waals surface area contributed by atoms with Gasteiger partial charge in [0, 0.05) is 32.1 Å². The molecule has 4 nitrogen and oxygen atoms in total. The second kappa shape index (κ2) is 9.60. The van der Waals surface area contributed by atoms with Crippen molar-refractivity contribution in [3.8, 4) is 0 Å². The first kappa shape index (κ1) is 15.4. The first-order valence-corrected chi connectivity index (χ1v) is 6.29. The number of nitrogens with one attached hydrogen (secondary N) is 2. The summed E-state index contributed by atoms with van der Waals surface area (Å²) in [5.74, 6) is 0.138. The highest BCUT2D eigenvalue weighted by atomic mass is 16.1. The van der Waals surface area contributed by atoms with Crippen LogP contribution in [0.3, 0.4) is 0 Å². The normalized spacial score (nSPS) is 12.8. The van der Waals surface area contributed by atoms with Crippen molar-refractivity contribution in [2.75, 3.05) is 33.2 Å². The Hall–Kier alpha value is -0.610. The van der Waals surface area contributed by atoms with Crippen LogP contribution in [0.1, 0.15) is 33.6 Å². The molecule has 0 heterocycles. The molecule has 0 aliphatic heterocycles. The van der Waals surface area contributed by atoms with Gasteiger partial charge in [0.25, 0.3) is 0 Å². The minimum absolute atomic E-state index is 0.138. The lowest BCUT2D eigenvalue weighted by atomic mass is 10.2. The largest absolute Gasteiger partial charge is 0.355 e. The first-order chi connectivity index (χ1) is 7.61. The number of carbonyl (C=O) groups is 1. The van der Waals surface area contributed by atoms with Crippen LogP contribution in [-0.2, 0) is 4.79 Å². The molecule has 0 aromatic rings. The van der Waals surface area contributed by atoms with Gasteiger partial charge in [-0.1, -0.05) is 13.8 Å². The van der Waals surface area contributed by atoms with Crippen LogP contribution in [0.15, 0.2) is 0 Å². The van der Waals surface area contributed by atoms with Crippen LogP contribution >= 0.6 is 0 Å². The number of hydrogen-bond acceptors (Lipinski definition) is 3. The first-order valence-electron chi connectivity index (χ1n) is 6.29. The van der Waals surface area contributed by atoms with Crippen LogP contribution in [0.2, 0.25) is 0 Å². The Labute approximate surface area is 99.8 Å². The van der Waals surface area contributed by atoms with Gasteiger partial charge in [-0.2, -0.15) is 0 Å². The number of amides is 1. The van der Waals surface area contributed by atoms with E-state index in [1.807, 2.05) is 6.92 Å². The molecule has 0 aliphatic carbocycles. The predicted molar refractivity (Wildman–Crippen MR) is 68.6 cm³/mol. The average Bonchev–Trinajstić information content (AvgIpc) is 2.28. The lowest BCUT2D eigenvalue weighted by Gasteiger charge is -2.23. The lowest BCUT2D eigenvalue weighted by Crippen LogP contribution is -2.37. The minimum atomic E-state index is 0.138. The monoisotopic (exact) mass is 229 g/mol. The van der Waals surface area contributed by atoms with Crippen molar-refractivity contribution >= 4 is 5.91 Å². The molecule has 0 saturated carbocycles. The number of carbonyl (C=O) groups excluding carboxylic acids is 1. The molecule has 0 saturated heterocycles. The standard InChI is InChI=1S/C12H27N3O/c1-5-11(3)15(4)10-9-14-12(16)7-8-13-6-2/h11,13H,5-10H2,1-4H3,(H,14,16). The van der Waals surface area contributed by atoms with Crippen molar-refractivity contribution < 1.29 is 4.79 Å². The molecule has 0 aromatic heterocycles. The van der Waals surface area contributed by atoms with Crippen LogP contribution in [0.5, 0.6) is 0 Å². The Morgan fingerprint density at radius 2 is 2.00 bits per heavy atom. The van der Waals surface area contributed by atoms with Gasteiger partial charge in [-0.15, -0.1) is 0 Å². The molecule has 96 valence electrons. The number of rotatable bonds is 9. The van der Waals surface area contributed by atoms with Gasteiger partial charge in [0.2, 0.25) is 5.91 Å². The van der Waals surface area contributed by atoms with Crippen LogP contribution in [0.25, 0.3) is 0 Å². The average molecular weight is 229 g/mol. The topological polar surface area (TPSA) is 44.4 Å². The summed E-state index contributed by atoms with van der Waals surface area (Å²) in [4.78, 5) is 13.6. The third-order valence-corrected chi connectivity index (χ3v) is 2.91. The maximum absolute atomic E-state index is 11.4. The van der Waals surface area contributed by atoms with E-state index < -0.39 is 0 Å². The number of likely N-dealkylation sites (N-methyl/N-ethyl adjacent to an activating group) is 1. The molecule has 0 rings (SSSR count). The predicted octanol–water partition coefficient (Wildman–Crippen LogP) is 0.833. The van der Waals surface area contributed by atoms with Crippen molar-refractivity contribution in [2.45, 2.75) is 39.7 Å². The van der Waals surface area contributed by atoms with E-state index in [4.69, 9.17) is 0 Å². The van der Waals surface area contributed by atoms with Gasteiger partial charge in [0.1, 0.15) is 0 Å². The van der Waals surface area contributed by atoms with Gasteiger partial charge in [0.15, 0.2) is 0 Å². The van der Waals surface area contributed by atoms with Crippen molar-refractivity contribution in [1.82, 2.24) is 15.5 Å². The van der Waals surface area contributed by atoms with Crippen LogP contribution in [0, 0.1) is 0 Å². The Bertz CT molecular complexity index is 185. The molecule has 0 aliphatic rings. The Kier molecular flexibility index (Phi) is 9.24. The van der Waals surface area contributed by atoms with E-state index in [9.17, 15) is 4.79 Å². The third kappa shape index (κ3) is 7.65. The molecule has 1 atom stereocenters. The molecule has 1 amide bonds. The summed E-state index contributed by atoms with van der Waals surface area (Å²) in [7, 11) is 2.10. The summed E-state index contributed by atoms with van der Waals surface area (Å²) in [6, 6.07) is 0.582. The fourth-order valence-electron chi connectivity index (χ4n) is 1.37. The van der Waals surface area contributed by atoms with E-state index in [1.54, 1.807) is 0 Å². The van der Waals surface area contributed by atoms with E-state index in [1.165, 1.54) is 0 Å². The molecule has 0 bridgehead atoms. The second-order valence-electron chi connectivity index (χ2n) is 4.19. The molecular formula is C12H27N3O. The zero-order valence-corrected chi connectivity index (χ0v) is 11.2. The lowest BCUT2D eigenvalue weighted by molar-refractivity contribution is -0.121. The maximum atomic E-state index is 11.4. The highest BCUT2D eigenvalue weighted by molar-refractivity contribution is 5.76. The smallest absolute Gasteiger partial charge is 0.221 e. The number of hydrogen-bond donors (Lipinski definition) is 2. The summed E-state index contributed by atoms with van der Waals surface area (Å²) in [6.07, 6.45) is 1.71. The fourth-order valence-corrected chi connectivity index (χ4v) is 1.37. The fraction of sp³-hybridized carbons (Fsp3) is 0.917. The summed E-state index contributed by atoms with van der Waals surface area (Å²) in [5, 5.41) is 6.07. The van der Waals surface area contributed by atoms with E-state index in [0.717, 1.165) is 32.6 Å². The van der Waals surface area contributed by atoms with Gasteiger partial charge in [-0.3, -0.25) is 4.79 Å². The molecule has 1 unspecified atom stereocenters. The second-order valence-corrected chi connectivity index (χ2v) is 4.19. The molecule has 4 heteroatoms. The Morgan fingerprint density at radius 3 is 2.56 bits per heavy atom. The highest BCUT2D eigenvalue weighted by Crippen LogP contribution is 1.97. The van der Waals surface area contributed by atoms with Gasteiger partial charge < -0.3 is 15.5 Å². The SMILES string of the molecule is CCNCCC(=O)NCCN(C)C(C)CC. The van der Waals surface area contributed by atoms with E-state index in [2.05, 4.69) is 36.4 Å². The molecule has 0 radical (unpaired) electrons. The van der Waals surface area contributed by atoms with E-state index in [-0.39, 0.29) is 5.91 Å². The van der Waals surface area contributed by atoms with Gasteiger partial charge in [0.05, 0.1) is 0 Å². The quantitative estimate of drug-likeness (QED) is 0.576. The van der Waals surface area contributed by atoms with Crippen molar-refractivity contribution in [3.63, 3.8) is 0 Å². The zero-order valence-electron chi connectivity index (χ0n) is 11.2. The highest BCUT2D eigenvalue weighted by Gasteiger charge is 2.06. The van der Waals surface area contributed by atoms with Gasteiger partial charge in [-0.25, -0.2) is 0 Å². The van der Waals surface area contributed by atoms with E-state index in [0.29, 0.717) is 12.5 Å². The summed E-state index contributed by atoms with van der Waals surface area (Å²) in [5.41, 5.74) is 0. The van der Waals surface area contributed by atoms with Crippen LogP contribution in [-0.4, -0.2) is 50.1 Å². The molecule has 16 heavy (non-hydrogen) atoms. The molecule has 0 spiro atoms. The molecule has 2 N–H and O–H groups in total. The summed E-state index contributed by atoms with van der Waals surface area (Å²) < 4.78 is 0. The van der Waals surface area contributed by atoms with Crippen molar-refractivity contribution in [3.05, 3.63) is 0 Å². The van der Waals surface area contributed by atoms with Gasteiger partial charge in [-0.05, 0) is 26.9 Å². The van der Waals surface area contributed by atoms with E-state index >= 15 is 0 Å². The maximum Gasteiger partial charge on any atom is 0.221 e. The van der Waals surface area contributed by atoms with Gasteiger partial charge >= 0.3 is 0 Å². The third-order valence-electron chi connectivity index (χ3n) is 2.91. The number of nitrogens with zero attached hydrogens (tertiary/aromatic N) is 1. The van der Waals surface area contributed by atoms with Crippen LogP contribution < -0.4 is 10.6 Å². The van der Waals surface area contributed by atoms with Crippen LogP contribution in [0.4, 0.5) is 0 Å². The zero-order chi connectivity index (χ0) is 12.4. The molecular weight excluding hydrogens is 202 g/mol. The van der Waals surface area contributed by atoms with Crippen molar-refractivity contribution in [2.24, 2.45) is 0 Å².